The number of piperidine rings is 1. The molecule has 0 radical (unpaired) electrons. The number of halogens is 1. The van der Waals surface area contributed by atoms with E-state index in [0.29, 0.717) is 32.0 Å². The standard InChI is InChI=1S/C21H27FN4O2/c1-15(2)26-20(6-8-23-26)21(27)24-9-7-19-16(13-24)14-28-11-10-25(19)18-5-3-4-17(22)12-18/h3-6,8,12,15-16,19H,7,9-11,13-14H2,1-2H3/t16-,19+/m1/s1. The number of carbonyl (C=O) groups is 1. The molecule has 2 aromatic rings. The molecule has 150 valence electrons. The van der Waals surface area contributed by atoms with Crippen LogP contribution in [0.3, 0.4) is 0 Å². The lowest BCUT2D eigenvalue weighted by Gasteiger charge is -2.43. The van der Waals surface area contributed by atoms with Gasteiger partial charge in [0.1, 0.15) is 11.5 Å². The van der Waals surface area contributed by atoms with E-state index in [1.54, 1.807) is 29.1 Å². The Hall–Kier alpha value is -2.41. The van der Waals surface area contributed by atoms with Crippen LogP contribution in [-0.4, -0.2) is 59.5 Å². The van der Waals surface area contributed by atoms with E-state index in [4.69, 9.17) is 4.74 Å². The lowest BCUT2D eigenvalue weighted by molar-refractivity contribution is 0.0509. The minimum Gasteiger partial charge on any atom is -0.379 e. The van der Waals surface area contributed by atoms with Crippen molar-refractivity contribution in [3.8, 4) is 0 Å². The second-order valence-corrected chi connectivity index (χ2v) is 7.87. The summed E-state index contributed by atoms with van der Waals surface area (Å²) in [5.41, 5.74) is 1.52. The Labute approximate surface area is 164 Å². The number of nitrogens with zero attached hydrogens (tertiary/aromatic N) is 4. The molecule has 28 heavy (non-hydrogen) atoms. The summed E-state index contributed by atoms with van der Waals surface area (Å²) in [5, 5.41) is 4.29. The van der Waals surface area contributed by atoms with Crippen LogP contribution in [0.2, 0.25) is 0 Å². The zero-order chi connectivity index (χ0) is 19.7. The Balaban J connectivity index is 1.53. The minimum absolute atomic E-state index is 0.0196. The van der Waals surface area contributed by atoms with Gasteiger partial charge in [0, 0.05) is 49.5 Å². The number of amides is 1. The minimum atomic E-state index is -0.228. The molecular formula is C21H27FN4O2. The Bertz CT molecular complexity index is 837. The largest absolute Gasteiger partial charge is 0.379 e. The molecule has 2 fully saturated rings. The molecule has 1 amide bonds. The number of ether oxygens (including phenoxy) is 1. The van der Waals surface area contributed by atoms with Crippen molar-refractivity contribution in [1.82, 2.24) is 14.7 Å². The van der Waals surface area contributed by atoms with Crippen molar-refractivity contribution < 1.29 is 13.9 Å². The summed E-state index contributed by atoms with van der Waals surface area (Å²) < 4.78 is 21.4. The fraction of sp³-hybridized carbons (Fsp3) is 0.524. The summed E-state index contributed by atoms with van der Waals surface area (Å²) in [6, 6.07) is 8.91. The van der Waals surface area contributed by atoms with E-state index >= 15 is 0 Å². The predicted molar refractivity (Wildman–Crippen MR) is 105 cm³/mol. The fourth-order valence-corrected chi connectivity index (χ4v) is 4.37. The summed E-state index contributed by atoms with van der Waals surface area (Å²) in [7, 11) is 0. The highest BCUT2D eigenvalue weighted by Gasteiger charge is 2.37. The van der Waals surface area contributed by atoms with Gasteiger partial charge >= 0.3 is 0 Å². The molecular weight excluding hydrogens is 359 g/mol. The molecule has 2 atom stereocenters. The van der Waals surface area contributed by atoms with E-state index in [-0.39, 0.29) is 29.7 Å². The summed E-state index contributed by atoms with van der Waals surface area (Å²) in [6.07, 6.45) is 2.52. The quantitative estimate of drug-likeness (QED) is 0.814. The summed E-state index contributed by atoms with van der Waals surface area (Å²) in [5.74, 6) is -0.0149. The number of hydrogen-bond donors (Lipinski definition) is 0. The fourth-order valence-electron chi connectivity index (χ4n) is 4.37. The van der Waals surface area contributed by atoms with E-state index in [0.717, 1.165) is 18.7 Å². The zero-order valence-corrected chi connectivity index (χ0v) is 16.4. The summed E-state index contributed by atoms with van der Waals surface area (Å²) in [6.45, 7) is 7.31. The van der Waals surface area contributed by atoms with Crippen LogP contribution in [0.1, 0.15) is 36.8 Å². The van der Waals surface area contributed by atoms with E-state index in [1.807, 2.05) is 24.8 Å². The predicted octanol–water partition coefficient (Wildman–Crippen LogP) is 2.97. The highest BCUT2D eigenvalue weighted by Crippen LogP contribution is 2.30. The molecule has 0 N–H and O–H groups in total. The molecule has 3 heterocycles. The first-order valence-electron chi connectivity index (χ1n) is 9.97. The first-order chi connectivity index (χ1) is 13.5. The lowest BCUT2D eigenvalue weighted by atomic mass is 9.91. The molecule has 2 saturated heterocycles. The van der Waals surface area contributed by atoms with E-state index in [9.17, 15) is 9.18 Å². The van der Waals surface area contributed by atoms with Crippen LogP contribution in [0.5, 0.6) is 0 Å². The molecule has 0 bridgehead atoms. The molecule has 1 aromatic heterocycles. The van der Waals surface area contributed by atoms with Crippen molar-refractivity contribution in [2.24, 2.45) is 5.92 Å². The third kappa shape index (κ3) is 3.63. The number of aromatic nitrogens is 2. The van der Waals surface area contributed by atoms with Crippen molar-refractivity contribution in [1.29, 1.82) is 0 Å². The van der Waals surface area contributed by atoms with Gasteiger partial charge in [0.2, 0.25) is 0 Å². The van der Waals surface area contributed by atoms with E-state index < -0.39 is 0 Å². The lowest BCUT2D eigenvalue weighted by Crippen LogP contribution is -2.53. The maximum Gasteiger partial charge on any atom is 0.272 e. The molecule has 4 rings (SSSR count). The number of anilines is 1. The first kappa shape index (κ1) is 18.9. The second kappa shape index (κ2) is 7.91. The van der Waals surface area contributed by atoms with Gasteiger partial charge in [-0.15, -0.1) is 0 Å². The van der Waals surface area contributed by atoms with Gasteiger partial charge in [-0.1, -0.05) is 6.07 Å². The van der Waals surface area contributed by atoms with Crippen LogP contribution >= 0.6 is 0 Å². The van der Waals surface area contributed by atoms with Crippen LogP contribution < -0.4 is 4.90 Å². The van der Waals surface area contributed by atoms with Crippen molar-refractivity contribution in [2.75, 3.05) is 37.7 Å². The molecule has 0 spiro atoms. The average molecular weight is 386 g/mol. The highest BCUT2D eigenvalue weighted by molar-refractivity contribution is 5.92. The van der Waals surface area contributed by atoms with Crippen molar-refractivity contribution in [3.63, 3.8) is 0 Å². The maximum atomic E-state index is 13.8. The summed E-state index contributed by atoms with van der Waals surface area (Å²) in [4.78, 5) is 17.3. The van der Waals surface area contributed by atoms with E-state index in [2.05, 4.69) is 10.00 Å². The third-order valence-electron chi connectivity index (χ3n) is 5.71. The second-order valence-electron chi connectivity index (χ2n) is 7.87. The molecule has 6 nitrogen and oxygen atoms in total. The van der Waals surface area contributed by atoms with Gasteiger partial charge in [-0.2, -0.15) is 5.10 Å². The Morgan fingerprint density at radius 2 is 2.14 bits per heavy atom. The number of carbonyl (C=O) groups excluding carboxylic acids is 1. The number of fused-ring (bicyclic) bond motifs is 1. The number of likely N-dealkylation sites (tertiary alicyclic amines) is 1. The van der Waals surface area contributed by atoms with Crippen LogP contribution in [0.15, 0.2) is 36.5 Å². The highest BCUT2D eigenvalue weighted by atomic mass is 19.1. The Kier molecular flexibility index (Phi) is 5.35. The number of benzene rings is 1. The van der Waals surface area contributed by atoms with Gasteiger partial charge < -0.3 is 14.5 Å². The Morgan fingerprint density at radius 1 is 1.29 bits per heavy atom. The number of rotatable bonds is 3. The third-order valence-corrected chi connectivity index (χ3v) is 5.71. The molecule has 0 aliphatic carbocycles. The molecule has 0 unspecified atom stereocenters. The average Bonchev–Trinajstić information content (AvgIpc) is 3.08. The topological polar surface area (TPSA) is 50.6 Å². The van der Waals surface area contributed by atoms with E-state index in [1.165, 1.54) is 6.07 Å². The van der Waals surface area contributed by atoms with Crippen molar-refractivity contribution in [2.45, 2.75) is 32.4 Å². The molecule has 0 saturated carbocycles. The van der Waals surface area contributed by atoms with Gasteiger partial charge in [-0.25, -0.2) is 4.39 Å². The first-order valence-corrected chi connectivity index (χ1v) is 9.97. The SMILES string of the molecule is CC(C)n1nccc1C(=O)N1CC[C@H]2[C@@H](COCCN2c2cccc(F)c2)C1. The maximum absolute atomic E-state index is 13.8. The van der Waals surface area contributed by atoms with Gasteiger partial charge in [-0.05, 0) is 44.5 Å². The van der Waals surface area contributed by atoms with Crippen LogP contribution in [0, 0.1) is 11.7 Å². The molecule has 2 aliphatic rings. The van der Waals surface area contributed by atoms with Gasteiger partial charge in [0.25, 0.3) is 5.91 Å². The van der Waals surface area contributed by atoms with Crippen LogP contribution in [-0.2, 0) is 4.74 Å². The molecule has 2 aliphatic heterocycles. The summed E-state index contributed by atoms with van der Waals surface area (Å²) >= 11 is 0. The Morgan fingerprint density at radius 3 is 2.93 bits per heavy atom. The number of hydrogen-bond acceptors (Lipinski definition) is 4. The van der Waals surface area contributed by atoms with Gasteiger partial charge in [-0.3, -0.25) is 9.48 Å². The van der Waals surface area contributed by atoms with Crippen molar-refractivity contribution in [3.05, 3.63) is 48.0 Å². The molecule has 1 aromatic carbocycles. The normalized spacial score (nSPS) is 22.9. The van der Waals surface area contributed by atoms with Crippen LogP contribution in [0.4, 0.5) is 10.1 Å². The van der Waals surface area contributed by atoms with Crippen molar-refractivity contribution >= 4 is 11.6 Å². The van der Waals surface area contributed by atoms with Crippen LogP contribution in [0.25, 0.3) is 0 Å². The van der Waals surface area contributed by atoms with Gasteiger partial charge in [0.05, 0.1) is 13.2 Å². The van der Waals surface area contributed by atoms with Gasteiger partial charge in [0.15, 0.2) is 0 Å². The molecule has 7 heteroatoms. The zero-order valence-electron chi connectivity index (χ0n) is 16.4. The smallest absolute Gasteiger partial charge is 0.272 e. The monoisotopic (exact) mass is 386 g/mol.